The summed E-state index contributed by atoms with van der Waals surface area (Å²) in [7, 11) is 0. The van der Waals surface area contributed by atoms with Gasteiger partial charge in [-0.2, -0.15) is 10.2 Å². The molecule has 0 aliphatic heterocycles. The van der Waals surface area contributed by atoms with Gasteiger partial charge < -0.3 is 5.32 Å². The third-order valence-electron chi connectivity index (χ3n) is 2.70. The first kappa shape index (κ1) is 12.7. The predicted octanol–water partition coefficient (Wildman–Crippen LogP) is 1.90. The molecule has 0 aliphatic carbocycles. The number of nitrogens with one attached hydrogen (secondary N) is 1. The fourth-order valence-electron chi connectivity index (χ4n) is 1.60. The smallest absolute Gasteiger partial charge is 0.175 e. The van der Waals surface area contributed by atoms with E-state index in [1.807, 2.05) is 24.4 Å². The minimum absolute atomic E-state index is 0.423. The van der Waals surface area contributed by atoms with Crippen LogP contribution in [0.4, 0.5) is 0 Å². The number of hydrogen-bond donors (Lipinski definition) is 1. The number of rotatable bonds is 5. The second-order valence-corrected chi connectivity index (χ2v) is 4.50. The summed E-state index contributed by atoms with van der Waals surface area (Å²) in [5, 5.41) is 16.0. The van der Waals surface area contributed by atoms with Gasteiger partial charge in [0.05, 0.1) is 11.4 Å². The van der Waals surface area contributed by atoms with Crippen LogP contribution in [-0.4, -0.2) is 26.5 Å². The molecule has 0 saturated heterocycles. The molecule has 5 heteroatoms. The first-order valence-electron chi connectivity index (χ1n) is 6.30. The highest BCUT2D eigenvalue weighted by molar-refractivity contribution is 5.22. The van der Waals surface area contributed by atoms with E-state index < -0.39 is 0 Å². The molecule has 0 amide bonds. The minimum atomic E-state index is 0.423. The Morgan fingerprint density at radius 3 is 2.61 bits per heavy atom. The topological polar surface area (TPSA) is 55.6 Å². The highest BCUT2D eigenvalue weighted by Gasteiger charge is 2.06. The molecule has 2 heterocycles. The van der Waals surface area contributed by atoms with E-state index in [2.05, 4.69) is 41.4 Å². The van der Waals surface area contributed by atoms with E-state index in [-0.39, 0.29) is 0 Å². The lowest BCUT2D eigenvalue weighted by Gasteiger charge is -2.03. The molecule has 18 heavy (non-hydrogen) atoms. The summed E-state index contributed by atoms with van der Waals surface area (Å²) in [6, 6.07) is 5.93. The van der Waals surface area contributed by atoms with Crippen molar-refractivity contribution < 1.29 is 0 Å². The number of aromatic nitrogens is 4. The van der Waals surface area contributed by atoms with Crippen molar-refractivity contribution in [2.24, 2.45) is 0 Å². The van der Waals surface area contributed by atoms with Crippen LogP contribution in [-0.2, 0) is 6.54 Å². The van der Waals surface area contributed by atoms with Crippen molar-refractivity contribution in [2.75, 3.05) is 6.54 Å². The van der Waals surface area contributed by atoms with Gasteiger partial charge in [0.1, 0.15) is 0 Å². The van der Waals surface area contributed by atoms with Gasteiger partial charge in [-0.1, -0.05) is 20.8 Å². The van der Waals surface area contributed by atoms with E-state index in [9.17, 15) is 0 Å². The van der Waals surface area contributed by atoms with Crippen LogP contribution in [0, 0.1) is 0 Å². The lowest BCUT2D eigenvalue weighted by Crippen LogP contribution is -2.13. The average Bonchev–Trinajstić information content (AvgIpc) is 2.87. The van der Waals surface area contributed by atoms with Crippen LogP contribution in [0.1, 0.15) is 38.1 Å². The third kappa shape index (κ3) is 2.92. The maximum Gasteiger partial charge on any atom is 0.175 e. The Morgan fingerprint density at radius 1 is 1.22 bits per heavy atom. The molecule has 2 rings (SSSR count). The summed E-state index contributed by atoms with van der Waals surface area (Å²) in [6.07, 6.45) is 1.92. The Morgan fingerprint density at radius 2 is 2.06 bits per heavy atom. The van der Waals surface area contributed by atoms with Crippen molar-refractivity contribution in [2.45, 2.75) is 33.2 Å². The van der Waals surface area contributed by atoms with E-state index >= 15 is 0 Å². The maximum atomic E-state index is 4.47. The molecule has 0 saturated carbocycles. The normalized spacial score (nSPS) is 11.1. The van der Waals surface area contributed by atoms with Crippen molar-refractivity contribution in [3.05, 3.63) is 35.8 Å². The summed E-state index contributed by atoms with van der Waals surface area (Å²) >= 11 is 0. The number of hydrogen-bond acceptors (Lipinski definition) is 4. The lowest BCUT2D eigenvalue weighted by atomic mass is 10.1. The minimum Gasteiger partial charge on any atom is -0.311 e. The molecular weight excluding hydrogens is 226 g/mol. The monoisotopic (exact) mass is 245 g/mol. The molecule has 5 nitrogen and oxygen atoms in total. The molecule has 0 atom stereocenters. The highest BCUT2D eigenvalue weighted by atomic mass is 15.3. The Bertz CT molecular complexity index is 486. The summed E-state index contributed by atoms with van der Waals surface area (Å²) < 4.78 is 1.76. The molecule has 0 unspecified atom stereocenters. The quantitative estimate of drug-likeness (QED) is 0.874. The van der Waals surface area contributed by atoms with Gasteiger partial charge in [-0.15, -0.1) is 5.10 Å². The molecule has 0 aliphatic rings. The zero-order valence-electron chi connectivity index (χ0n) is 11.1. The molecule has 0 radical (unpaired) electrons. The van der Waals surface area contributed by atoms with E-state index in [1.54, 1.807) is 4.68 Å². The van der Waals surface area contributed by atoms with Crippen molar-refractivity contribution in [1.82, 2.24) is 25.3 Å². The summed E-state index contributed by atoms with van der Waals surface area (Å²) in [5.41, 5.74) is 2.00. The molecule has 0 fully saturated rings. The van der Waals surface area contributed by atoms with E-state index in [1.165, 1.54) is 0 Å². The van der Waals surface area contributed by atoms with Crippen LogP contribution in [0.25, 0.3) is 5.82 Å². The van der Waals surface area contributed by atoms with E-state index in [0.717, 1.165) is 30.3 Å². The highest BCUT2D eigenvalue weighted by Crippen LogP contribution is 2.12. The molecule has 96 valence electrons. The fraction of sp³-hybridized carbons (Fsp3) is 0.462. The van der Waals surface area contributed by atoms with Gasteiger partial charge in [-0.25, -0.2) is 4.68 Å². The van der Waals surface area contributed by atoms with E-state index in [0.29, 0.717) is 5.92 Å². The first-order valence-corrected chi connectivity index (χ1v) is 6.30. The fourth-order valence-corrected chi connectivity index (χ4v) is 1.60. The zero-order valence-corrected chi connectivity index (χ0v) is 11.1. The maximum absolute atomic E-state index is 4.47. The van der Waals surface area contributed by atoms with Gasteiger partial charge in [0.25, 0.3) is 0 Å². The second kappa shape index (κ2) is 5.73. The van der Waals surface area contributed by atoms with Crippen LogP contribution in [0.15, 0.2) is 24.4 Å². The van der Waals surface area contributed by atoms with Gasteiger partial charge in [-0.3, -0.25) is 0 Å². The van der Waals surface area contributed by atoms with Gasteiger partial charge in [0.15, 0.2) is 5.82 Å². The summed E-state index contributed by atoms with van der Waals surface area (Å²) in [5.74, 6) is 1.18. The van der Waals surface area contributed by atoms with Crippen molar-refractivity contribution in [1.29, 1.82) is 0 Å². The molecule has 2 aromatic heterocycles. The Hall–Kier alpha value is -1.75. The third-order valence-corrected chi connectivity index (χ3v) is 2.70. The lowest BCUT2D eigenvalue weighted by molar-refractivity contribution is 0.688. The van der Waals surface area contributed by atoms with Crippen molar-refractivity contribution >= 4 is 0 Å². The van der Waals surface area contributed by atoms with Crippen LogP contribution >= 0.6 is 0 Å². The van der Waals surface area contributed by atoms with Gasteiger partial charge in [0, 0.05) is 12.7 Å². The van der Waals surface area contributed by atoms with Crippen molar-refractivity contribution in [3.8, 4) is 5.82 Å². The van der Waals surface area contributed by atoms with Gasteiger partial charge in [-0.05, 0) is 30.7 Å². The average molecular weight is 245 g/mol. The second-order valence-electron chi connectivity index (χ2n) is 4.50. The van der Waals surface area contributed by atoms with Crippen LogP contribution in [0.3, 0.4) is 0 Å². The zero-order chi connectivity index (χ0) is 13.0. The molecular formula is C13H19N5. The van der Waals surface area contributed by atoms with Gasteiger partial charge in [0.2, 0.25) is 0 Å². The van der Waals surface area contributed by atoms with Crippen LogP contribution < -0.4 is 5.32 Å². The van der Waals surface area contributed by atoms with E-state index in [4.69, 9.17) is 0 Å². The predicted molar refractivity (Wildman–Crippen MR) is 70.6 cm³/mol. The Balaban J connectivity index is 2.12. The Kier molecular flexibility index (Phi) is 4.04. The molecule has 0 spiro atoms. The van der Waals surface area contributed by atoms with Crippen LogP contribution in [0.2, 0.25) is 0 Å². The summed E-state index contributed by atoms with van der Waals surface area (Å²) in [6.45, 7) is 8.00. The number of nitrogens with zero attached hydrogens (tertiary/aromatic N) is 4. The van der Waals surface area contributed by atoms with Crippen molar-refractivity contribution in [3.63, 3.8) is 0 Å². The molecule has 0 aromatic carbocycles. The largest absolute Gasteiger partial charge is 0.311 e. The molecule has 2 aromatic rings. The Labute approximate surface area is 107 Å². The SMILES string of the molecule is CCNCc1ccc(-n2ccc(C(C)C)n2)nn1. The first-order chi connectivity index (χ1) is 8.70. The van der Waals surface area contributed by atoms with Gasteiger partial charge >= 0.3 is 0 Å². The molecule has 1 N–H and O–H groups in total. The molecule has 0 bridgehead atoms. The summed E-state index contributed by atoms with van der Waals surface area (Å²) in [4.78, 5) is 0. The van der Waals surface area contributed by atoms with Crippen LogP contribution in [0.5, 0.6) is 0 Å². The standard InChI is InChI=1S/C13H19N5/c1-4-14-9-11-5-6-13(16-15-11)18-8-7-12(17-18)10(2)3/h5-8,10,14H,4,9H2,1-3H3.